The van der Waals surface area contributed by atoms with Crippen molar-refractivity contribution in [3.05, 3.63) is 72.1 Å². The number of carbonyl (C=O) groups is 1. The van der Waals surface area contributed by atoms with E-state index in [0.717, 1.165) is 28.2 Å². The molecule has 2 aromatic heterocycles. The lowest BCUT2D eigenvalue weighted by Crippen LogP contribution is -2.39. The van der Waals surface area contributed by atoms with Gasteiger partial charge in [0.2, 0.25) is 0 Å². The zero-order valence-electron chi connectivity index (χ0n) is 20.6. The van der Waals surface area contributed by atoms with Gasteiger partial charge in [0.05, 0.1) is 5.52 Å². The highest BCUT2D eigenvalue weighted by Gasteiger charge is 2.23. The Morgan fingerprint density at radius 1 is 1.12 bits per heavy atom. The fourth-order valence-corrected chi connectivity index (χ4v) is 4.38. The molecule has 33 heavy (non-hydrogen) atoms. The van der Waals surface area contributed by atoms with Gasteiger partial charge in [-0.15, -0.1) is 0 Å². The van der Waals surface area contributed by atoms with Gasteiger partial charge in [0.15, 0.2) is 0 Å². The third-order valence-corrected chi connectivity index (χ3v) is 6.63. The molecule has 0 bridgehead atoms. The molecule has 1 fully saturated rings. The Morgan fingerprint density at radius 2 is 1.82 bits per heavy atom. The molecule has 0 aliphatic carbocycles. The number of hydrogen-bond acceptors (Lipinski definition) is 4. The van der Waals surface area contributed by atoms with E-state index >= 15 is 0 Å². The smallest absolute Gasteiger partial charge is 0.293 e. The lowest BCUT2D eigenvalue weighted by atomic mass is 9.95. The number of fused-ring (bicyclic) bond motifs is 1. The van der Waals surface area contributed by atoms with Gasteiger partial charge in [-0.05, 0) is 101 Å². The fourth-order valence-electron chi connectivity index (χ4n) is 4.38. The maximum atomic E-state index is 10.8. The molecular formula is C28H37N3O2. The Kier molecular flexibility index (Phi) is 8.11. The molecule has 5 heteroatoms. The highest BCUT2D eigenvalue weighted by atomic mass is 16.5. The van der Waals surface area contributed by atoms with Gasteiger partial charge in [-0.25, -0.2) is 0 Å². The summed E-state index contributed by atoms with van der Waals surface area (Å²) < 4.78 is 7.32. The molecule has 0 amide bonds. The number of carbonyl (C=O) groups excluding carboxylic acids is 1. The predicted molar refractivity (Wildman–Crippen MR) is 137 cm³/mol. The van der Waals surface area contributed by atoms with Crippen LogP contribution in [0.1, 0.15) is 43.4 Å². The molecular weight excluding hydrogens is 410 g/mol. The van der Waals surface area contributed by atoms with Gasteiger partial charge in [-0.3, -0.25) is 4.79 Å². The van der Waals surface area contributed by atoms with E-state index in [1.807, 2.05) is 44.4 Å². The largest absolute Gasteiger partial charge is 0.457 e. The zero-order valence-corrected chi connectivity index (χ0v) is 20.6. The van der Waals surface area contributed by atoms with Crippen LogP contribution in [0.15, 0.2) is 55.4 Å². The van der Waals surface area contributed by atoms with Crippen LogP contribution in [0.5, 0.6) is 0 Å². The average Bonchev–Trinajstić information content (AvgIpc) is 3.23. The van der Waals surface area contributed by atoms with E-state index in [1.54, 1.807) is 0 Å². The molecule has 0 unspecified atom stereocenters. The van der Waals surface area contributed by atoms with E-state index in [9.17, 15) is 4.79 Å². The number of pyridine rings is 1. The first-order valence-electron chi connectivity index (χ1n) is 11.6. The summed E-state index contributed by atoms with van der Waals surface area (Å²) in [5.74, 6) is 0. The summed E-state index contributed by atoms with van der Waals surface area (Å²) in [6, 6.07) is 13.2. The molecule has 4 rings (SSSR count). The molecule has 3 aromatic rings. The van der Waals surface area contributed by atoms with Gasteiger partial charge < -0.3 is 19.4 Å². The van der Waals surface area contributed by atoms with Gasteiger partial charge in [0.1, 0.15) is 5.60 Å². The summed E-state index contributed by atoms with van der Waals surface area (Å²) in [6.07, 6.45) is 8.54. The second kappa shape index (κ2) is 10.8. The number of nitrogens with zero attached hydrogens (tertiary/aromatic N) is 2. The minimum Gasteiger partial charge on any atom is -0.457 e. The molecule has 0 radical (unpaired) electrons. The standard InChI is InChI=1S/C21H21NO2.C7H16N2/c1-5-16-7-6-8-18(15(16)2)19-10-12-22-11-9-17(13-20(19)22)21(3,4)24-14-23;1-9(2)7-3-5-8-6-4-7/h5-14H,1H2,2-4H3;7-8H,3-6H2,1-2H3. The van der Waals surface area contributed by atoms with Crippen LogP contribution in [0, 0.1) is 6.92 Å². The summed E-state index contributed by atoms with van der Waals surface area (Å²) >= 11 is 0. The van der Waals surface area contributed by atoms with Gasteiger partial charge >= 0.3 is 0 Å². The Bertz CT molecular complexity index is 1090. The lowest BCUT2D eigenvalue weighted by molar-refractivity contribution is -0.141. The normalized spacial score (nSPS) is 14.6. The number of hydrogen-bond donors (Lipinski definition) is 1. The highest BCUT2D eigenvalue weighted by Crippen LogP contribution is 2.33. The third-order valence-electron chi connectivity index (χ3n) is 6.63. The third kappa shape index (κ3) is 5.73. The van der Waals surface area contributed by atoms with Crippen molar-refractivity contribution in [2.75, 3.05) is 27.2 Å². The quantitative estimate of drug-likeness (QED) is 0.523. The van der Waals surface area contributed by atoms with Gasteiger partial charge in [0, 0.05) is 24.0 Å². The Labute approximate surface area is 198 Å². The SMILES string of the molecule is C=Cc1cccc(-c2ccn3ccc(C(C)(C)OC=O)cc23)c1C.CN(C)C1CCNCC1. The van der Waals surface area contributed by atoms with E-state index < -0.39 is 5.60 Å². The number of nitrogens with one attached hydrogen (secondary N) is 1. The number of ether oxygens (including phenoxy) is 1. The first-order chi connectivity index (χ1) is 15.8. The molecule has 0 spiro atoms. The van der Waals surface area contributed by atoms with E-state index in [2.05, 4.69) is 66.5 Å². The first-order valence-corrected chi connectivity index (χ1v) is 11.6. The van der Waals surface area contributed by atoms with Crippen molar-refractivity contribution in [3.8, 4) is 11.1 Å². The van der Waals surface area contributed by atoms with Crippen LogP contribution in [-0.4, -0.2) is 49.0 Å². The van der Waals surface area contributed by atoms with Crippen LogP contribution >= 0.6 is 0 Å². The van der Waals surface area contributed by atoms with E-state index in [4.69, 9.17) is 4.74 Å². The number of aromatic nitrogens is 1. The summed E-state index contributed by atoms with van der Waals surface area (Å²) in [5, 5.41) is 3.34. The molecule has 1 aliphatic heterocycles. The molecule has 0 saturated carbocycles. The van der Waals surface area contributed by atoms with Crippen LogP contribution in [0.4, 0.5) is 0 Å². The summed E-state index contributed by atoms with van der Waals surface area (Å²) in [5.41, 5.74) is 6.05. The van der Waals surface area contributed by atoms with Crippen molar-refractivity contribution in [1.29, 1.82) is 0 Å². The van der Waals surface area contributed by atoms with Crippen molar-refractivity contribution in [2.45, 2.75) is 45.3 Å². The second-order valence-corrected chi connectivity index (χ2v) is 9.33. The number of benzene rings is 1. The lowest BCUT2D eigenvalue weighted by Gasteiger charge is -2.28. The molecule has 3 heterocycles. The van der Waals surface area contributed by atoms with E-state index in [0.29, 0.717) is 6.47 Å². The maximum Gasteiger partial charge on any atom is 0.293 e. The Hall–Kier alpha value is -2.89. The van der Waals surface area contributed by atoms with Crippen LogP contribution in [0.2, 0.25) is 0 Å². The fraction of sp³-hybridized carbons (Fsp3) is 0.393. The van der Waals surface area contributed by atoms with Crippen molar-refractivity contribution in [1.82, 2.24) is 14.6 Å². The van der Waals surface area contributed by atoms with Crippen LogP contribution < -0.4 is 5.32 Å². The Morgan fingerprint density at radius 3 is 2.42 bits per heavy atom. The monoisotopic (exact) mass is 447 g/mol. The van der Waals surface area contributed by atoms with Crippen molar-refractivity contribution < 1.29 is 9.53 Å². The molecule has 0 atom stereocenters. The molecule has 5 nitrogen and oxygen atoms in total. The summed E-state index contributed by atoms with van der Waals surface area (Å²) in [4.78, 5) is 13.1. The van der Waals surface area contributed by atoms with Gasteiger partial charge in [-0.1, -0.05) is 30.9 Å². The number of rotatable bonds is 6. The highest BCUT2D eigenvalue weighted by molar-refractivity contribution is 5.84. The van der Waals surface area contributed by atoms with Gasteiger partial charge in [-0.2, -0.15) is 0 Å². The minimum atomic E-state index is -0.664. The van der Waals surface area contributed by atoms with Crippen LogP contribution in [0.3, 0.4) is 0 Å². The van der Waals surface area contributed by atoms with Crippen LogP contribution in [-0.2, 0) is 15.1 Å². The summed E-state index contributed by atoms with van der Waals surface area (Å²) in [7, 11) is 4.33. The Balaban J connectivity index is 0.000000286. The maximum absolute atomic E-state index is 10.8. The first kappa shape index (κ1) is 24.7. The zero-order chi connectivity index (χ0) is 24.0. The van der Waals surface area contributed by atoms with E-state index in [1.165, 1.54) is 37.1 Å². The average molecular weight is 448 g/mol. The van der Waals surface area contributed by atoms with Crippen molar-refractivity contribution >= 4 is 18.1 Å². The van der Waals surface area contributed by atoms with E-state index in [-0.39, 0.29) is 0 Å². The molecule has 1 saturated heterocycles. The predicted octanol–water partition coefficient (Wildman–Crippen LogP) is 5.27. The van der Waals surface area contributed by atoms with Crippen molar-refractivity contribution in [3.63, 3.8) is 0 Å². The molecule has 1 N–H and O–H groups in total. The van der Waals surface area contributed by atoms with Gasteiger partial charge in [0.25, 0.3) is 6.47 Å². The van der Waals surface area contributed by atoms with Crippen LogP contribution in [0.25, 0.3) is 22.7 Å². The van der Waals surface area contributed by atoms with Crippen molar-refractivity contribution in [2.24, 2.45) is 0 Å². The molecule has 1 aromatic carbocycles. The summed E-state index contributed by atoms with van der Waals surface area (Å²) in [6.45, 7) is 12.7. The minimum absolute atomic E-state index is 0.501. The topological polar surface area (TPSA) is 46.0 Å². The molecule has 1 aliphatic rings. The number of piperidine rings is 1. The second-order valence-electron chi connectivity index (χ2n) is 9.33. The molecule has 176 valence electrons.